The van der Waals surface area contributed by atoms with E-state index in [2.05, 4.69) is 4.72 Å². The Kier molecular flexibility index (Phi) is 5.47. The summed E-state index contributed by atoms with van der Waals surface area (Å²) in [6.07, 6.45) is 0.758. The molecule has 0 saturated heterocycles. The van der Waals surface area contributed by atoms with Crippen molar-refractivity contribution >= 4 is 27.3 Å². The molecule has 0 spiro atoms. The lowest BCUT2D eigenvalue weighted by atomic mass is 9.93. The second-order valence-corrected chi connectivity index (χ2v) is 9.91. The van der Waals surface area contributed by atoms with E-state index in [1.807, 2.05) is 20.8 Å². The van der Waals surface area contributed by atoms with Gasteiger partial charge in [0.2, 0.25) is 5.91 Å². The molecule has 2 aliphatic heterocycles. The van der Waals surface area contributed by atoms with Crippen molar-refractivity contribution in [3.63, 3.8) is 0 Å². The van der Waals surface area contributed by atoms with Gasteiger partial charge in [0.1, 0.15) is 25.6 Å². The highest BCUT2D eigenvalue weighted by atomic mass is 32.2. The van der Waals surface area contributed by atoms with Crippen LogP contribution in [-0.4, -0.2) is 40.7 Å². The molecule has 0 radical (unpaired) electrons. The number of carbonyl (C=O) groups excluding carboxylic acids is 1. The summed E-state index contributed by atoms with van der Waals surface area (Å²) in [6, 6.07) is 9.45. The average molecular weight is 447 g/mol. The number of hydrogen-bond donors (Lipinski definition) is 1. The molecule has 1 amide bonds. The van der Waals surface area contributed by atoms with Crippen molar-refractivity contribution in [2.75, 3.05) is 36.0 Å². The van der Waals surface area contributed by atoms with Crippen molar-refractivity contribution in [3.05, 3.63) is 36.4 Å². The van der Waals surface area contributed by atoms with Crippen molar-refractivity contribution < 1.29 is 27.4 Å². The molecular formula is C22H26N2O6S. The second kappa shape index (κ2) is 7.96. The maximum atomic E-state index is 13.1. The van der Waals surface area contributed by atoms with Crippen LogP contribution in [-0.2, 0) is 14.8 Å². The van der Waals surface area contributed by atoms with Crippen LogP contribution in [0.15, 0.2) is 41.3 Å². The Morgan fingerprint density at radius 1 is 1.00 bits per heavy atom. The molecule has 31 heavy (non-hydrogen) atoms. The number of benzene rings is 2. The van der Waals surface area contributed by atoms with E-state index in [1.165, 1.54) is 12.1 Å². The topological polar surface area (TPSA) is 94.2 Å². The quantitative estimate of drug-likeness (QED) is 0.756. The minimum absolute atomic E-state index is 0.0556. The van der Waals surface area contributed by atoms with Crippen LogP contribution in [0, 0.1) is 5.41 Å². The van der Waals surface area contributed by atoms with Gasteiger partial charge in [-0.1, -0.05) is 6.92 Å². The summed E-state index contributed by atoms with van der Waals surface area (Å²) in [6.45, 7) is 7.23. The Bertz CT molecular complexity index is 1110. The number of rotatable bonds is 5. The predicted molar refractivity (Wildman–Crippen MR) is 117 cm³/mol. The molecule has 166 valence electrons. The van der Waals surface area contributed by atoms with Gasteiger partial charge in [-0.3, -0.25) is 9.52 Å². The van der Waals surface area contributed by atoms with Gasteiger partial charge in [0.25, 0.3) is 10.0 Å². The smallest absolute Gasteiger partial charge is 0.262 e. The Hall–Kier alpha value is -2.94. The molecule has 0 aliphatic carbocycles. The summed E-state index contributed by atoms with van der Waals surface area (Å²) in [4.78, 5) is 14.8. The van der Waals surface area contributed by atoms with Crippen LogP contribution in [0.5, 0.6) is 17.2 Å². The lowest BCUT2D eigenvalue weighted by Gasteiger charge is -2.28. The van der Waals surface area contributed by atoms with Crippen LogP contribution in [0.2, 0.25) is 0 Å². The molecule has 0 bridgehead atoms. The third-order valence-electron chi connectivity index (χ3n) is 5.19. The van der Waals surface area contributed by atoms with Crippen LogP contribution in [0.3, 0.4) is 0 Å². The van der Waals surface area contributed by atoms with Gasteiger partial charge in [0.15, 0.2) is 11.5 Å². The summed E-state index contributed by atoms with van der Waals surface area (Å²) in [5.74, 6) is 1.41. The zero-order valence-corrected chi connectivity index (χ0v) is 18.6. The fraction of sp³-hybridized carbons (Fsp3) is 0.409. The summed E-state index contributed by atoms with van der Waals surface area (Å²) >= 11 is 0. The zero-order chi connectivity index (χ0) is 22.2. The molecule has 2 aromatic carbocycles. The fourth-order valence-electron chi connectivity index (χ4n) is 3.56. The number of fused-ring (bicyclic) bond motifs is 2. The van der Waals surface area contributed by atoms with E-state index in [0.717, 1.165) is 6.42 Å². The Balaban J connectivity index is 1.66. The minimum atomic E-state index is -3.88. The number of hydrogen-bond acceptors (Lipinski definition) is 6. The number of ether oxygens (including phenoxy) is 3. The van der Waals surface area contributed by atoms with Gasteiger partial charge < -0.3 is 19.1 Å². The van der Waals surface area contributed by atoms with E-state index >= 15 is 0 Å². The Morgan fingerprint density at radius 2 is 1.71 bits per heavy atom. The SMILES string of the molecule is CCCN1C(=O)C(C)(C)COc2ccc(NS(=O)(=O)c3ccc4c(c3)OCCO4)cc21. The molecule has 2 aliphatic rings. The normalized spacial score (nSPS) is 17.4. The van der Waals surface area contributed by atoms with Crippen molar-refractivity contribution in [1.82, 2.24) is 0 Å². The van der Waals surface area contributed by atoms with E-state index in [0.29, 0.717) is 48.4 Å². The Morgan fingerprint density at radius 3 is 2.45 bits per heavy atom. The largest absolute Gasteiger partial charge is 0.490 e. The summed E-state index contributed by atoms with van der Waals surface area (Å²) in [7, 11) is -3.88. The summed E-state index contributed by atoms with van der Waals surface area (Å²) in [5, 5.41) is 0. The van der Waals surface area contributed by atoms with E-state index in [9.17, 15) is 13.2 Å². The van der Waals surface area contributed by atoms with Crippen LogP contribution >= 0.6 is 0 Å². The molecule has 9 heteroatoms. The van der Waals surface area contributed by atoms with Gasteiger partial charge >= 0.3 is 0 Å². The molecule has 2 heterocycles. The van der Waals surface area contributed by atoms with E-state index < -0.39 is 15.4 Å². The van der Waals surface area contributed by atoms with Gasteiger partial charge in [0, 0.05) is 12.6 Å². The molecule has 0 saturated carbocycles. The van der Waals surface area contributed by atoms with Gasteiger partial charge in [-0.15, -0.1) is 0 Å². The molecule has 4 rings (SSSR count). The number of sulfonamides is 1. The van der Waals surface area contributed by atoms with Crippen LogP contribution in [0.4, 0.5) is 11.4 Å². The van der Waals surface area contributed by atoms with Gasteiger partial charge in [0.05, 0.1) is 21.7 Å². The number of nitrogens with zero attached hydrogens (tertiary/aromatic N) is 1. The molecule has 0 unspecified atom stereocenters. The number of nitrogens with one attached hydrogen (secondary N) is 1. The third kappa shape index (κ3) is 4.14. The molecular weight excluding hydrogens is 420 g/mol. The first-order chi connectivity index (χ1) is 14.7. The molecule has 8 nitrogen and oxygen atoms in total. The first-order valence-electron chi connectivity index (χ1n) is 10.2. The Labute approximate surface area is 182 Å². The first-order valence-corrected chi connectivity index (χ1v) is 11.7. The monoisotopic (exact) mass is 446 g/mol. The number of amides is 1. The lowest BCUT2D eigenvalue weighted by molar-refractivity contribution is -0.127. The molecule has 0 fully saturated rings. The number of anilines is 2. The first kappa shape index (κ1) is 21.3. The molecule has 0 atom stereocenters. The van der Waals surface area contributed by atoms with Crippen molar-refractivity contribution in [2.45, 2.75) is 32.1 Å². The standard InChI is InChI=1S/C22H26N2O6S/c1-4-9-24-17-12-15(5-7-18(17)30-14-22(2,3)21(24)25)23-31(26,27)16-6-8-19-20(13-16)29-11-10-28-19/h5-8,12-13,23H,4,9-11,14H2,1-3H3. The highest BCUT2D eigenvalue weighted by Crippen LogP contribution is 2.39. The third-order valence-corrected chi connectivity index (χ3v) is 6.56. The lowest BCUT2D eigenvalue weighted by Crippen LogP contribution is -2.42. The summed E-state index contributed by atoms with van der Waals surface area (Å²) < 4.78 is 45.4. The highest BCUT2D eigenvalue weighted by molar-refractivity contribution is 7.92. The van der Waals surface area contributed by atoms with E-state index in [-0.39, 0.29) is 17.4 Å². The van der Waals surface area contributed by atoms with E-state index in [4.69, 9.17) is 14.2 Å². The number of carbonyl (C=O) groups is 1. The van der Waals surface area contributed by atoms with Crippen LogP contribution in [0.1, 0.15) is 27.2 Å². The maximum absolute atomic E-state index is 13.1. The van der Waals surface area contributed by atoms with Crippen molar-refractivity contribution in [2.24, 2.45) is 5.41 Å². The predicted octanol–water partition coefficient (Wildman–Crippen LogP) is 3.42. The maximum Gasteiger partial charge on any atom is 0.262 e. The second-order valence-electron chi connectivity index (χ2n) is 8.22. The molecule has 0 aromatic heterocycles. The van der Waals surface area contributed by atoms with E-state index in [1.54, 1.807) is 29.2 Å². The van der Waals surface area contributed by atoms with Gasteiger partial charge in [-0.25, -0.2) is 8.42 Å². The fourth-order valence-corrected chi connectivity index (χ4v) is 4.62. The zero-order valence-electron chi connectivity index (χ0n) is 17.8. The molecule has 1 N–H and O–H groups in total. The molecule has 2 aromatic rings. The summed E-state index contributed by atoms with van der Waals surface area (Å²) in [5.41, 5.74) is 0.213. The van der Waals surface area contributed by atoms with Crippen LogP contribution in [0.25, 0.3) is 0 Å². The highest BCUT2D eigenvalue weighted by Gasteiger charge is 2.37. The average Bonchev–Trinajstić information content (AvgIpc) is 2.83. The van der Waals surface area contributed by atoms with Crippen molar-refractivity contribution in [3.8, 4) is 17.2 Å². The van der Waals surface area contributed by atoms with Crippen molar-refractivity contribution in [1.29, 1.82) is 0 Å². The minimum Gasteiger partial charge on any atom is -0.490 e. The van der Waals surface area contributed by atoms with Crippen LogP contribution < -0.4 is 23.8 Å². The van der Waals surface area contributed by atoms with Gasteiger partial charge in [-0.2, -0.15) is 0 Å². The van der Waals surface area contributed by atoms with Gasteiger partial charge in [-0.05, 0) is 50.6 Å².